The number of nitrogens with zero attached hydrogens (tertiary/aromatic N) is 1. The molecule has 92 valence electrons. The summed E-state index contributed by atoms with van der Waals surface area (Å²) in [6, 6.07) is 3.62. The van der Waals surface area contributed by atoms with Crippen LogP contribution in [0.15, 0.2) is 18.3 Å². The van der Waals surface area contributed by atoms with E-state index in [1.165, 1.54) is 6.20 Å². The van der Waals surface area contributed by atoms with Gasteiger partial charge in [0.15, 0.2) is 5.69 Å². The Balaban J connectivity index is 1.96. The summed E-state index contributed by atoms with van der Waals surface area (Å²) >= 11 is 1.80. The smallest absolute Gasteiger partial charge is 0.354 e. The number of carboxylic acids is 1. The van der Waals surface area contributed by atoms with E-state index in [0.29, 0.717) is 11.0 Å². The average molecular weight is 253 g/mol. The van der Waals surface area contributed by atoms with Gasteiger partial charge >= 0.3 is 5.97 Å². The quantitative estimate of drug-likeness (QED) is 0.891. The number of rotatable bonds is 4. The van der Waals surface area contributed by atoms with Crippen LogP contribution in [-0.2, 0) is 10.5 Å². The van der Waals surface area contributed by atoms with Crippen molar-refractivity contribution in [1.82, 2.24) is 4.98 Å². The Kier molecular flexibility index (Phi) is 4.39. The zero-order valence-corrected chi connectivity index (χ0v) is 10.3. The van der Waals surface area contributed by atoms with Crippen molar-refractivity contribution in [3.8, 4) is 0 Å². The largest absolute Gasteiger partial charge is 0.477 e. The summed E-state index contributed by atoms with van der Waals surface area (Å²) in [6.07, 6.45) is 3.62. The van der Waals surface area contributed by atoms with Gasteiger partial charge in [0.25, 0.3) is 0 Å². The maximum Gasteiger partial charge on any atom is 0.354 e. The van der Waals surface area contributed by atoms with Crippen LogP contribution in [0, 0.1) is 0 Å². The van der Waals surface area contributed by atoms with Gasteiger partial charge in [-0.1, -0.05) is 6.07 Å². The summed E-state index contributed by atoms with van der Waals surface area (Å²) < 4.78 is 5.29. The molecule has 4 nitrogen and oxygen atoms in total. The third kappa shape index (κ3) is 3.44. The van der Waals surface area contributed by atoms with E-state index >= 15 is 0 Å². The van der Waals surface area contributed by atoms with Crippen molar-refractivity contribution in [3.05, 3.63) is 29.6 Å². The van der Waals surface area contributed by atoms with Crippen LogP contribution in [0.1, 0.15) is 28.9 Å². The zero-order valence-electron chi connectivity index (χ0n) is 9.46. The van der Waals surface area contributed by atoms with E-state index < -0.39 is 5.97 Å². The van der Waals surface area contributed by atoms with Gasteiger partial charge in [-0.05, 0) is 24.5 Å². The Morgan fingerprint density at radius 3 is 3.00 bits per heavy atom. The van der Waals surface area contributed by atoms with Gasteiger partial charge < -0.3 is 9.84 Å². The highest BCUT2D eigenvalue weighted by Gasteiger charge is 2.16. The third-order valence-electron chi connectivity index (χ3n) is 2.74. The van der Waals surface area contributed by atoms with Crippen molar-refractivity contribution in [2.45, 2.75) is 23.8 Å². The molecular weight excluding hydrogens is 238 g/mol. The predicted octanol–water partition coefficient (Wildman–Crippen LogP) is 2.19. The summed E-state index contributed by atoms with van der Waals surface area (Å²) in [4.78, 5) is 14.9. The number of hydrogen-bond donors (Lipinski definition) is 1. The summed E-state index contributed by atoms with van der Waals surface area (Å²) in [5, 5.41) is 9.59. The minimum atomic E-state index is -0.951. The molecule has 1 aliphatic rings. The summed E-state index contributed by atoms with van der Waals surface area (Å²) in [6.45, 7) is 1.63. The highest BCUT2D eigenvalue weighted by Crippen LogP contribution is 2.26. The molecule has 2 rings (SSSR count). The van der Waals surface area contributed by atoms with Crippen LogP contribution in [0.3, 0.4) is 0 Å². The van der Waals surface area contributed by atoms with Gasteiger partial charge in [-0.25, -0.2) is 9.78 Å². The number of carboxylic acid groups (broad SMARTS) is 1. The van der Waals surface area contributed by atoms with Gasteiger partial charge in [0.05, 0.1) is 0 Å². The Morgan fingerprint density at radius 1 is 1.53 bits per heavy atom. The number of hydrogen-bond acceptors (Lipinski definition) is 4. The van der Waals surface area contributed by atoms with Gasteiger partial charge in [0.1, 0.15) is 0 Å². The first kappa shape index (κ1) is 12.4. The second-order valence-corrected chi connectivity index (χ2v) is 5.23. The normalized spacial score (nSPS) is 16.9. The maximum absolute atomic E-state index is 11.0. The van der Waals surface area contributed by atoms with Crippen LogP contribution in [0.2, 0.25) is 0 Å². The van der Waals surface area contributed by atoms with E-state index in [2.05, 4.69) is 4.98 Å². The first-order chi connectivity index (χ1) is 8.27. The van der Waals surface area contributed by atoms with Crippen molar-refractivity contribution in [2.24, 2.45) is 0 Å². The van der Waals surface area contributed by atoms with Gasteiger partial charge in [0.2, 0.25) is 0 Å². The van der Waals surface area contributed by atoms with Crippen molar-refractivity contribution in [3.63, 3.8) is 0 Å². The molecule has 0 aliphatic carbocycles. The second-order valence-electron chi connectivity index (χ2n) is 3.94. The fourth-order valence-corrected chi connectivity index (χ4v) is 2.97. The Hall–Kier alpha value is -1.07. The fourth-order valence-electron chi connectivity index (χ4n) is 1.80. The summed E-state index contributed by atoms with van der Waals surface area (Å²) in [5.74, 6) is -0.242. The van der Waals surface area contributed by atoms with Crippen LogP contribution in [0.4, 0.5) is 0 Å². The molecule has 0 amide bonds. The standard InChI is InChI=1S/C12H15NO3S/c14-12(15)11-9(2-1-5-13-11)8-17-10-3-6-16-7-4-10/h1-2,5,10H,3-4,6-8H2,(H,14,15). The number of carbonyl (C=O) groups is 1. The van der Waals surface area contributed by atoms with E-state index in [-0.39, 0.29) is 5.69 Å². The molecule has 0 bridgehead atoms. The third-order valence-corrected chi connectivity index (χ3v) is 4.16. The lowest BCUT2D eigenvalue weighted by Gasteiger charge is -2.21. The predicted molar refractivity (Wildman–Crippen MR) is 66.3 cm³/mol. The lowest BCUT2D eigenvalue weighted by molar-refractivity contribution is 0.0689. The molecule has 1 aliphatic heterocycles. The molecule has 1 N–H and O–H groups in total. The van der Waals surface area contributed by atoms with Crippen molar-refractivity contribution < 1.29 is 14.6 Å². The molecule has 0 unspecified atom stereocenters. The van der Waals surface area contributed by atoms with E-state index in [1.807, 2.05) is 6.07 Å². The first-order valence-electron chi connectivity index (χ1n) is 5.64. The van der Waals surface area contributed by atoms with Gasteiger partial charge in [-0.3, -0.25) is 0 Å². The topological polar surface area (TPSA) is 59.4 Å². The van der Waals surface area contributed by atoms with Crippen LogP contribution >= 0.6 is 11.8 Å². The molecule has 0 saturated carbocycles. The average Bonchev–Trinajstić information content (AvgIpc) is 2.38. The molecule has 1 saturated heterocycles. The molecule has 1 aromatic rings. The minimum absolute atomic E-state index is 0.173. The highest BCUT2D eigenvalue weighted by molar-refractivity contribution is 7.99. The number of aromatic carboxylic acids is 1. The Morgan fingerprint density at radius 2 is 2.29 bits per heavy atom. The number of thioether (sulfide) groups is 1. The van der Waals surface area contributed by atoms with Crippen molar-refractivity contribution in [2.75, 3.05) is 13.2 Å². The lowest BCUT2D eigenvalue weighted by Crippen LogP contribution is -2.17. The number of aromatic nitrogens is 1. The van der Waals surface area contributed by atoms with Gasteiger partial charge in [-0.2, -0.15) is 11.8 Å². The Bertz CT molecular complexity index is 391. The number of ether oxygens (including phenoxy) is 1. The van der Waals surface area contributed by atoms with E-state index in [1.54, 1.807) is 17.8 Å². The first-order valence-corrected chi connectivity index (χ1v) is 6.69. The molecular formula is C12H15NO3S. The monoisotopic (exact) mass is 253 g/mol. The van der Waals surface area contributed by atoms with E-state index in [9.17, 15) is 4.79 Å². The maximum atomic E-state index is 11.0. The molecule has 0 spiro atoms. The zero-order chi connectivity index (χ0) is 12.1. The minimum Gasteiger partial charge on any atom is -0.477 e. The second kappa shape index (κ2) is 6.02. The molecule has 0 atom stereocenters. The van der Waals surface area contributed by atoms with Crippen LogP contribution in [0.25, 0.3) is 0 Å². The SMILES string of the molecule is O=C(O)c1ncccc1CSC1CCOCC1. The van der Waals surface area contributed by atoms with Crippen molar-refractivity contribution in [1.29, 1.82) is 0 Å². The molecule has 5 heteroatoms. The summed E-state index contributed by atoms with van der Waals surface area (Å²) in [5.41, 5.74) is 0.976. The van der Waals surface area contributed by atoms with Crippen LogP contribution in [0.5, 0.6) is 0 Å². The molecule has 1 aromatic heterocycles. The molecule has 0 radical (unpaired) electrons. The molecule has 0 aromatic carbocycles. The fraction of sp³-hybridized carbons (Fsp3) is 0.500. The Labute approximate surface area is 104 Å². The lowest BCUT2D eigenvalue weighted by atomic mass is 10.2. The molecule has 1 fully saturated rings. The highest BCUT2D eigenvalue weighted by atomic mass is 32.2. The van der Waals surface area contributed by atoms with Gasteiger partial charge in [0, 0.05) is 30.4 Å². The van der Waals surface area contributed by atoms with E-state index in [4.69, 9.17) is 9.84 Å². The van der Waals surface area contributed by atoms with Crippen molar-refractivity contribution >= 4 is 17.7 Å². The van der Waals surface area contributed by atoms with Gasteiger partial charge in [-0.15, -0.1) is 0 Å². The summed E-state index contributed by atoms with van der Waals surface area (Å²) in [7, 11) is 0. The van der Waals surface area contributed by atoms with Crippen LogP contribution < -0.4 is 0 Å². The number of pyridine rings is 1. The molecule has 2 heterocycles. The van der Waals surface area contributed by atoms with Crippen LogP contribution in [-0.4, -0.2) is 34.5 Å². The van der Waals surface area contributed by atoms with E-state index in [0.717, 1.165) is 31.6 Å². The molecule has 17 heavy (non-hydrogen) atoms.